The Balaban J connectivity index is 1.88. The van der Waals surface area contributed by atoms with E-state index in [1.807, 2.05) is 11.9 Å². The molecule has 3 rings (SSSR count). The summed E-state index contributed by atoms with van der Waals surface area (Å²) in [6.45, 7) is 2.46. The predicted octanol–water partition coefficient (Wildman–Crippen LogP) is 1.02. The van der Waals surface area contributed by atoms with Gasteiger partial charge in [0.15, 0.2) is 6.10 Å². The molecule has 108 valence electrons. The van der Waals surface area contributed by atoms with Gasteiger partial charge in [-0.25, -0.2) is 4.39 Å². The largest absolute Gasteiger partial charge is 0.376 e. The van der Waals surface area contributed by atoms with Crippen molar-refractivity contribution in [2.24, 2.45) is 0 Å². The number of ether oxygens (including phenoxy) is 2. The average molecular weight is 280 g/mol. The van der Waals surface area contributed by atoms with Gasteiger partial charge in [0.2, 0.25) is 0 Å². The van der Waals surface area contributed by atoms with Gasteiger partial charge in [0.1, 0.15) is 5.82 Å². The molecule has 2 aliphatic heterocycles. The highest BCUT2D eigenvalue weighted by atomic mass is 19.1. The van der Waals surface area contributed by atoms with Crippen LogP contribution in [0.5, 0.6) is 0 Å². The maximum absolute atomic E-state index is 13.4. The Bertz CT molecular complexity index is 517. The van der Waals surface area contributed by atoms with E-state index in [0.29, 0.717) is 26.3 Å². The minimum atomic E-state index is -0.565. The molecule has 1 aromatic rings. The number of carbonyl (C=O) groups excluding carboxylic acids is 1. The topological polar surface area (TPSA) is 42.0 Å². The summed E-state index contributed by atoms with van der Waals surface area (Å²) >= 11 is 0. The van der Waals surface area contributed by atoms with Gasteiger partial charge in [-0.15, -0.1) is 0 Å². The molecular formula is C14H17FN2O3. The predicted molar refractivity (Wildman–Crippen MR) is 72.6 cm³/mol. The lowest BCUT2D eigenvalue weighted by molar-refractivity contribution is -0.144. The van der Waals surface area contributed by atoms with Crippen molar-refractivity contribution < 1.29 is 18.7 Å². The van der Waals surface area contributed by atoms with Crippen LogP contribution in [0.25, 0.3) is 0 Å². The Hall–Kier alpha value is -1.66. The second-order valence-corrected chi connectivity index (χ2v) is 4.98. The molecule has 1 atom stereocenters. The first-order chi connectivity index (χ1) is 9.66. The van der Waals surface area contributed by atoms with E-state index >= 15 is 0 Å². The normalized spacial score (nSPS) is 22.6. The summed E-state index contributed by atoms with van der Waals surface area (Å²) in [4.78, 5) is 16.1. The zero-order valence-electron chi connectivity index (χ0n) is 11.3. The Labute approximate surface area is 116 Å². The lowest BCUT2D eigenvalue weighted by atomic mass is 10.1. The van der Waals surface area contributed by atoms with Gasteiger partial charge in [-0.05, 0) is 18.2 Å². The molecule has 1 unspecified atom stereocenters. The highest BCUT2D eigenvalue weighted by Crippen LogP contribution is 2.33. The molecule has 5 nitrogen and oxygen atoms in total. The summed E-state index contributed by atoms with van der Waals surface area (Å²) in [7, 11) is 1.89. The van der Waals surface area contributed by atoms with Crippen LogP contribution in [0.1, 0.15) is 0 Å². The minimum Gasteiger partial charge on any atom is -0.376 e. The van der Waals surface area contributed by atoms with Gasteiger partial charge in [0.05, 0.1) is 31.2 Å². The molecular weight excluding hydrogens is 263 g/mol. The van der Waals surface area contributed by atoms with Crippen LogP contribution in [0.4, 0.5) is 15.8 Å². The lowest BCUT2D eigenvalue weighted by Crippen LogP contribution is -2.50. The molecule has 0 spiro atoms. The smallest absolute Gasteiger partial charge is 0.258 e. The van der Waals surface area contributed by atoms with Crippen molar-refractivity contribution in [2.75, 3.05) is 49.8 Å². The van der Waals surface area contributed by atoms with Crippen molar-refractivity contribution in [1.29, 1.82) is 0 Å². The maximum atomic E-state index is 13.4. The number of hydrogen-bond donors (Lipinski definition) is 0. The van der Waals surface area contributed by atoms with Crippen molar-refractivity contribution in [2.45, 2.75) is 6.10 Å². The van der Waals surface area contributed by atoms with E-state index in [2.05, 4.69) is 0 Å². The van der Waals surface area contributed by atoms with Crippen LogP contribution in [0.2, 0.25) is 0 Å². The van der Waals surface area contributed by atoms with Crippen LogP contribution >= 0.6 is 0 Å². The molecule has 0 N–H and O–H groups in total. The fourth-order valence-corrected chi connectivity index (χ4v) is 2.55. The van der Waals surface area contributed by atoms with Crippen molar-refractivity contribution >= 4 is 17.3 Å². The number of nitrogens with zero attached hydrogens (tertiary/aromatic N) is 2. The first-order valence-corrected chi connectivity index (χ1v) is 6.68. The third-order valence-electron chi connectivity index (χ3n) is 3.66. The second kappa shape index (κ2) is 5.38. The summed E-state index contributed by atoms with van der Waals surface area (Å²) in [5.41, 5.74) is 1.45. The van der Waals surface area contributed by atoms with E-state index in [-0.39, 0.29) is 18.3 Å². The number of rotatable bonds is 1. The van der Waals surface area contributed by atoms with E-state index in [9.17, 15) is 9.18 Å². The Kier molecular flexibility index (Phi) is 3.58. The molecule has 20 heavy (non-hydrogen) atoms. The maximum Gasteiger partial charge on any atom is 0.258 e. The van der Waals surface area contributed by atoms with Gasteiger partial charge < -0.3 is 19.3 Å². The molecule has 2 aliphatic rings. The fourth-order valence-electron chi connectivity index (χ4n) is 2.55. The molecule has 6 heteroatoms. The van der Waals surface area contributed by atoms with Gasteiger partial charge in [-0.3, -0.25) is 4.79 Å². The SMILES string of the molecule is CN1CCN(C(=O)C2COCCO2)c2ccc(F)cc21. The van der Waals surface area contributed by atoms with Crippen LogP contribution in [0.3, 0.4) is 0 Å². The molecule has 1 aromatic carbocycles. The van der Waals surface area contributed by atoms with Crippen LogP contribution in [0, 0.1) is 5.82 Å². The number of anilines is 2. The van der Waals surface area contributed by atoms with E-state index in [1.54, 1.807) is 11.0 Å². The van der Waals surface area contributed by atoms with Crippen molar-refractivity contribution in [3.63, 3.8) is 0 Å². The Morgan fingerprint density at radius 1 is 1.30 bits per heavy atom. The fraction of sp³-hybridized carbons (Fsp3) is 0.500. The molecule has 0 aromatic heterocycles. The van der Waals surface area contributed by atoms with Gasteiger partial charge in [0, 0.05) is 20.1 Å². The first kappa shape index (κ1) is 13.3. The summed E-state index contributed by atoms with van der Waals surface area (Å²) in [5, 5.41) is 0. The third kappa shape index (κ3) is 2.36. The van der Waals surface area contributed by atoms with Gasteiger partial charge in [0.25, 0.3) is 5.91 Å². The van der Waals surface area contributed by atoms with Crippen LogP contribution in [-0.4, -0.2) is 52.0 Å². The minimum absolute atomic E-state index is 0.120. The molecule has 0 radical (unpaired) electrons. The van der Waals surface area contributed by atoms with Gasteiger partial charge in [-0.2, -0.15) is 0 Å². The average Bonchev–Trinajstić information content (AvgIpc) is 2.48. The monoisotopic (exact) mass is 280 g/mol. The first-order valence-electron chi connectivity index (χ1n) is 6.68. The number of carbonyl (C=O) groups is 1. The highest BCUT2D eigenvalue weighted by molar-refractivity contribution is 6.00. The number of hydrogen-bond acceptors (Lipinski definition) is 4. The summed E-state index contributed by atoms with van der Waals surface area (Å²) in [6, 6.07) is 4.46. The summed E-state index contributed by atoms with van der Waals surface area (Å²) < 4.78 is 24.1. The number of likely N-dealkylation sites (N-methyl/N-ethyl adjacent to an activating group) is 1. The zero-order valence-corrected chi connectivity index (χ0v) is 11.3. The molecule has 1 saturated heterocycles. The zero-order chi connectivity index (χ0) is 14.1. The number of amides is 1. The molecule has 0 aliphatic carbocycles. The quantitative estimate of drug-likeness (QED) is 0.770. The van der Waals surface area contributed by atoms with Crippen molar-refractivity contribution in [3.8, 4) is 0 Å². The van der Waals surface area contributed by atoms with Crippen molar-refractivity contribution in [3.05, 3.63) is 24.0 Å². The number of benzene rings is 1. The third-order valence-corrected chi connectivity index (χ3v) is 3.66. The van der Waals surface area contributed by atoms with E-state index in [0.717, 1.165) is 11.4 Å². The molecule has 0 saturated carbocycles. The van der Waals surface area contributed by atoms with Crippen LogP contribution in [-0.2, 0) is 14.3 Å². The molecule has 1 amide bonds. The summed E-state index contributed by atoms with van der Waals surface area (Å²) in [5.74, 6) is -0.423. The van der Waals surface area contributed by atoms with Gasteiger partial charge >= 0.3 is 0 Å². The Morgan fingerprint density at radius 3 is 2.90 bits per heavy atom. The van der Waals surface area contributed by atoms with Crippen LogP contribution in [0.15, 0.2) is 18.2 Å². The highest BCUT2D eigenvalue weighted by Gasteiger charge is 2.32. The van der Waals surface area contributed by atoms with Crippen molar-refractivity contribution in [1.82, 2.24) is 0 Å². The standard InChI is InChI=1S/C14H17FN2O3/c1-16-4-5-17(11-3-2-10(15)8-12(11)16)14(18)13-9-19-6-7-20-13/h2-3,8,13H,4-7,9H2,1H3. The molecule has 2 heterocycles. The Morgan fingerprint density at radius 2 is 2.15 bits per heavy atom. The van der Waals surface area contributed by atoms with E-state index in [1.165, 1.54) is 12.1 Å². The van der Waals surface area contributed by atoms with Gasteiger partial charge in [-0.1, -0.05) is 0 Å². The number of halogens is 1. The molecule has 1 fully saturated rings. The van der Waals surface area contributed by atoms with Crippen LogP contribution < -0.4 is 9.80 Å². The second-order valence-electron chi connectivity index (χ2n) is 4.98. The van der Waals surface area contributed by atoms with E-state index in [4.69, 9.17) is 9.47 Å². The molecule has 0 bridgehead atoms. The van der Waals surface area contributed by atoms with E-state index < -0.39 is 6.10 Å². The summed E-state index contributed by atoms with van der Waals surface area (Å²) in [6.07, 6.45) is -0.565. The lowest BCUT2D eigenvalue weighted by Gasteiger charge is -2.37. The number of fused-ring (bicyclic) bond motifs is 1.